The number of nitrogens with two attached hydrogens (primary N) is 1. The van der Waals surface area contributed by atoms with Gasteiger partial charge in [-0.3, -0.25) is 4.79 Å². The Morgan fingerprint density at radius 1 is 1.47 bits per heavy atom. The molecule has 2 N–H and O–H groups in total. The molecular formula is C13H15BrN2O. The summed E-state index contributed by atoms with van der Waals surface area (Å²) < 4.78 is 0.692. The first-order valence-electron chi connectivity index (χ1n) is 5.58. The van der Waals surface area contributed by atoms with E-state index in [1.165, 1.54) is 5.57 Å². The van der Waals surface area contributed by atoms with Crippen LogP contribution in [0.15, 0.2) is 34.3 Å². The van der Waals surface area contributed by atoms with Crippen LogP contribution < -0.4 is 5.73 Å². The lowest BCUT2D eigenvalue weighted by molar-refractivity contribution is 0.0765. The van der Waals surface area contributed by atoms with Crippen molar-refractivity contribution in [1.29, 1.82) is 0 Å². The first-order chi connectivity index (χ1) is 8.09. The van der Waals surface area contributed by atoms with Gasteiger partial charge in [0.1, 0.15) is 0 Å². The Bertz CT molecular complexity index is 482. The quantitative estimate of drug-likeness (QED) is 0.639. The third kappa shape index (κ3) is 2.52. The van der Waals surface area contributed by atoms with E-state index in [9.17, 15) is 4.79 Å². The van der Waals surface area contributed by atoms with Crippen LogP contribution in [0.4, 0.5) is 5.69 Å². The van der Waals surface area contributed by atoms with E-state index < -0.39 is 0 Å². The van der Waals surface area contributed by atoms with Crippen LogP contribution in [0.5, 0.6) is 0 Å². The van der Waals surface area contributed by atoms with Gasteiger partial charge in [0.15, 0.2) is 0 Å². The van der Waals surface area contributed by atoms with E-state index in [1.54, 1.807) is 18.2 Å². The molecule has 0 aromatic heterocycles. The van der Waals surface area contributed by atoms with Crippen LogP contribution in [0.3, 0.4) is 0 Å². The topological polar surface area (TPSA) is 46.3 Å². The van der Waals surface area contributed by atoms with Gasteiger partial charge >= 0.3 is 0 Å². The van der Waals surface area contributed by atoms with Crippen molar-refractivity contribution >= 4 is 27.5 Å². The Labute approximate surface area is 109 Å². The summed E-state index contributed by atoms with van der Waals surface area (Å²) in [6.07, 6.45) is 3.11. The molecule has 1 aromatic carbocycles. The largest absolute Gasteiger partial charge is 0.398 e. The monoisotopic (exact) mass is 294 g/mol. The number of hydrogen-bond acceptors (Lipinski definition) is 2. The van der Waals surface area contributed by atoms with E-state index in [4.69, 9.17) is 5.73 Å². The van der Waals surface area contributed by atoms with Crippen molar-refractivity contribution in [2.24, 2.45) is 0 Å². The van der Waals surface area contributed by atoms with Crippen LogP contribution in [0.1, 0.15) is 23.7 Å². The van der Waals surface area contributed by atoms with Crippen molar-refractivity contribution in [3.63, 3.8) is 0 Å². The molecule has 1 aliphatic rings. The van der Waals surface area contributed by atoms with Crippen LogP contribution >= 0.6 is 15.9 Å². The standard InChI is InChI=1S/C13H15BrN2O/c1-9-4-3-7-16(8-9)13(17)10-5-2-6-11(15)12(10)14/h2,4-6H,3,7-8,15H2,1H3. The molecule has 0 radical (unpaired) electrons. The Morgan fingerprint density at radius 3 is 2.94 bits per heavy atom. The highest BCUT2D eigenvalue weighted by atomic mass is 79.9. The maximum absolute atomic E-state index is 12.3. The predicted molar refractivity (Wildman–Crippen MR) is 72.8 cm³/mol. The maximum atomic E-state index is 12.3. The average molecular weight is 295 g/mol. The van der Waals surface area contributed by atoms with E-state index >= 15 is 0 Å². The molecule has 0 saturated carbocycles. The minimum Gasteiger partial charge on any atom is -0.398 e. The second-order valence-electron chi connectivity index (χ2n) is 4.27. The highest BCUT2D eigenvalue weighted by Crippen LogP contribution is 2.25. The first kappa shape index (κ1) is 12.2. The van der Waals surface area contributed by atoms with Crippen molar-refractivity contribution in [2.45, 2.75) is 13.3 Å². The summed E-state index contributed by atoms with van der Waals surface area (Å²) in [4.78, 5) is 14.2. The summed E-state index contributed by atoms with van der Waals surface area (Å²) >= 11 is 3.38. The van der Waals surface area contributed by atoms with Gasteiger partial charge in [-0.05, 0) is 41.4 Å². The molecule has 0 spiro atoms. The third-order valence-electron chi connectivity index (χ3n) is 2.88. The maximum Gasteiger partial charge on any atom is 0.255 e. The zero-order chi connectivity index (χ0) is 12.4. The smallest absolute Gasteiger partial charge is 0.255 e. The van der Waals surface area contributed by atoms with Crippen LogP contribution in [-0.4, -0.2) is 23.9 Å². The lowest BCUT2D eigenvalue weighted by Crippen LogP contribution is -2.35. The zero-order valence-corrected chi connectivity index (χ0v) is 11.3. The highest BCUT2D eigenvalue weighted by molar-refractivity contribution is 9.10. The van der Waals surface area contributed by atoms with Gasteiger partial charge in [-0.2, -0.15) is 0 Å². The molecule has 1 aliphatic heterocycles. The molecule has 0 unspecified atom stereocenters. The number of anilines is 1. The van der Waals surface area contributed by atoms with Gasteiger partial charge in [-0.15, -0.1) is 0 Å². The lowest BCUT2D eigenvalue weighted by atomic mass is 10.1. The summed E-state index contributed by atoms with van der Waals surface area (Å²) in [5.41, 5.74) is 8.26. The summed E-state index contributed by atoms with van der Waals surface area (Å²) in [7, 11) is 0. The van der Waals surface area contributed by atoms with E-state index in [-0.39, 0.29) is 5.91 Å². The number of carbonyl (C=O) groups is 1. The number of carbonyl (C=O) groups excluding carboxylic acids is 1. The van der Waals surface area contributed by atoms with Crippen LogP contribution in [0, 0.1) is 0 Å². The molecule has 4 heteroatoms. The second-order valence-corrected chi connectivity index (χ2v) is 5.07. The summed E-state index contributed by atoms with van der Waals surface area (Å²) in [6.45, 7) is 3.53. The molecule has 90 valence electrons. The SMILES string of the molecule is CC1=CCCN(C(=O)c2cccc(N)c2Br)C1. The molecule has 0 atom stereocenters. The van der Waals surface area contributed by atoms with Crippen LogP contribution in [0.2, 0.25) is 0 Å². The lowest BCUT2D eigenvalue weighted by Gasteiger charge is -2.26. The normalized spacial score (nSPS) is 15.6. The van der Waals surface area contributed by atoms with Crippen LogP contribution in [-0.2, 0) is 0 Å². The Kier molecular flexibility index (Phi) is 3.52. The summed E-state index contributed by atoms with van der Waals surface area (Å²) in [5.74, 6) is 0.0385. The number of nitrogens with zero attached hydrogens (tertiary/aromatic N) is 1. The number of benzene rings is 1. The Balaban J connectivity index is 2.26. The number of nitrogen functional groups attached to an aromatic ring is 1. The van der Waals surface area contributed by atoms with Crippen molar-refractivity contribution in [3.8, 4) is 0 Å². The molecule has 17 heavy (non-hydrogen) atoms. The van der Waals surface area contributed by atoms with Gasteiger partial charge in [0.2, 0.25) is 0 Å². The highest BCUT2D eigenvalue weighted by Gasteiger charge is 2.20. The fourth-order valence-electron chi connectivity index (χ4n) is 1.97. The molecule has 1 aromatic rings. The van der Waals surface area contributed by atoms with E-state index in [1.807, 2.05) is 11.8 Å². The molecule has 0 bridgehead atoms. The number of amides is 1. The zero-order valence-electron chi connectivity index (χ0n) is 9.74. The van der Waals surface area contributed by atoms with Crippen molar-refractivity contribution in [1.82, 2.24) is 4.90 Å². The minimum absolute atomic E-state index is 0.0385. The van der Waals surface area contributed by atoms with Crippen molar-refractivity contribution < 1.29 is 4.79 Å². The van der Waals surface area contributed by atoms with E-state index in [2.05, 4.69) is 22.0 Å². The fraction of sp³-hybridized carbons (Fsp3) is 0.308. The molecular weight excluding hydrogens is 280 g/mol. The fourth-order valence-corrected chi connectivity index (χ4v) is 2.40. The molecule has 0 saturated heterocycles. The van der Waals surface area contributed by atoms with E-state index in [0.717, 1.165) is 13.0 Å². The van der Waals surface area contributed by atoms with Crippen molar-refractivity contribution in [2.75, 3.05) is 18.8 Å². The molecule has 3 nitrogen and oxygen atoms in total. The second kappa shape index (κ2) is 4.92. The Hall–Kier alpha value is -1.29. The molecule has 1 amide bonds. The molecule has 2 rings (SSSR count). The molecule has 1 heterocycles. The van der Waals surface area contributed by atoms with Crippen LogP contribution in [0.25, 0.3) is 0 Å². The van der Waals surface area contributed by atoms with Gasteiger partial charge in [0.25, 0.3) is 5.91 Å². The van der Waals surface area contributed by atoms with Gasteiger partial charge in [0, 0.05) is 18.8 Å². The third-order valence-corrected chi connectivity index (χ3v) is 3.76. The molecule has 0 aliphatic carbocycles. The number of hydrogen-bond donors (Lipinski definition) is 1. The number of halogens is 1. The van der Waals surface area contributed by atoms with Gasteiger partial charge in [0.05, 0.1) is 10.0 Å². The first-order valence-corrected chi connectivity index (χ1v) is 6.38. The summed E-state index contributed by atoms with van der Waals surface area (Å²) in [6, 6.07) is 5.39. The average Bonchev–Trinajstić information content (AvgIpc) is 2.32. The summed E-state index contributed by atoms with van der Waals surface area (Å²) in [5, 5.41) is 0. The van der Waals surface area contributed by atoms with E-state index in [0.29, 0.717) is 22.3 Å². The predicted octanol–water partition coefficient (Wildman–Crippen LogP) is 2.82. The van der Waals surface area contributed by atoms with Gasteiger partial charge in [-0.25, -0.2) is 0 Å². The molecule has 0 fully saturated rings. The minimum atomic E-state index is 0.0385. The van der Waals surface area contributed by atoms with Crippen molar-refractivity contribution in [3.05, 3.63) is 39.9 Å². The number of rotatable bonds is 1. The van der Waals surface area contributed by atoms with Gasteiger partial charge in [-0.1, -0.05) is 17.7 Å². The van der Waals surface area contributed by atoms with Gasteiger partial charge < -0.3 is 10.6 Å². The Morgan fingerprint density at radius 2 is 2.24 bits per heavy atom.